The van der Waals surface area contributed by atoms with Crippen molar-refractivity contribution in [3.63, 3.8) is 0 Å². The average molecular weight is 301 g/mol. The number of anilines is 1. The second-order valence-corrected chi connectivity index (χ2v) is 5.96. The van der Waals surface area contributed by atoms with Gasteiger partial charge in [-0.25, -0.2) is 8.42 Å². The van der Waals surface area contributed by atoms with Crippen molar-refractivity contribution in [1.82, 2.24) is 0 Å². The number of aliphatic hydroxyl groups is 1. The molecule has 0 heterocycles. The molecule has 0 saturated heterocycles. The van der Waals surface area contributed by atoms with Crippen molar-refractivity contribution in [3.8, 4) is 11.8 Å². The summed E-state index contributed by atoms with van der Waals surface area (Å²) in [5, 5.41) is 8.68. The van der Waals surface area contributed by atoms with E-state index in [-0.39, 0.29) is 11.5 Å². The number of nitrogens with one attached hydrogen (secondary N) is 1. The van der Waals surface area contributed by atoms with Crippen LogP contribution < -0.4 is 4.72 Å². The molecule has 0 spiro atoms. The maximum absolute atomic E-state index is 12.2. The van der Waals surface area contributed by atoms with Gasteiger partial charge in [-0.1, -0.05) is 36.1 Å². The zero-order valence-electron chi connectivity index (χ0n) is 11.3. The Kier molecular flexibility index (Phi) is 4.99. The van der Waals surface area contributed by atoms with Gasteiger partial charge in [-0.2, -0.15) is 0 Å². The minimum Gasteiger partial charge on any atom is -0.395 e. The molecule has 0 bridgehead atoms. The van der Waals surface area contributed by atoms with E-state index in [2.05, 4.69) is 16.6 Å². The van der Waals surface area contributed by atoms with Crippen molar-refractivity contribution < 1.29 is 13.5 Å². The highest BCUT2D eigenvalue weighted by atomic mass is 32.2. The first-order valence-corrected chi connectivity index (χ1v) is 7.88. The van der Waals surface area contributed by atoms with Crippen LogP contribution in [0.4, 0.5) is 5.69 Å². The summed E-state index contributed by atoms with van der Waals surface area (Å²) in [4.78, 5) is 0.210. The molecular weight excluding hydrogens is 286 g/mol. The Labute approximate surface area is 124 Å². The van der Waals surface area contributed by atoms with Crippen molar-refractivity contribution in [2.45, 2.75) is 11.3 Å². The maximum atomic E-state index is 12.2. The normalized spacial score (nSPS) is 10.5. The van der Waals surface area contributed by atoms with Crippen LogP contribution in [0.2, 0.25) is 0 Å². The predicted octanol–water partition coefficient (Wildman–Crippen LogP) is 2.22. The highest BCUT2D eigenvalue weighted by Gasteiger charge is 2.13. The molecule has 2 aromatic rings. The van der Waals surface area contributed by atoms with Crippen LogP contribution in [-0.2, 0) is 10.0 Å². The number of benzene rings is 2. The molecule has 0 aromatic heterocycles. The zero-order chi connectivity index (χ0) is 15.1. The van der Waals surface area contributed by atoms with Crippen LogP contribution in [0.3, 0.4) is 0 Å². The Morgan fingerprint density at radius 3 is 2.52 bits per heavy atom. The maximum Gasteiger partial charge on any atom is 0.261 e. The number of rotatable bonds is 4. The van der Waals surface area contributed by atoms with E-state index >= 15 is 0 Å². The molecule has 0 amide bonds. The van der Waals surface area contributed by atoms with Gasteiger partial charge in [-0.3, -0.25) is 4.72 Å². The number of sulfonamides is 1. The lowest BCUT2D eigenvalue weighted by atomic mass is 10.2. The Bertz CT molecular complexity index is 759. The predicted molar refractivity (Wildman–Crippen MR) is 82.3 cm³/mol. The van der Waals surface area contributed by atoms with E-state index in [1.165, 1.54) is 12.1 Å². The molecule has 108 valence electrons. The summed E-state index contributed by atoms with van der Waals surface area (Å²) >= 11 is 0. The molecule has 2 rings (SSSR count). The van der Waals surface area contributed by atoms with Gasteiger partial charge in [0.2, 0.25) is 0 Å². The van der Waals surface area contributed by atoms with Crippen LogP contribution in [0.15, 0.2) is 59.5 Å². The van der Waals surface area contributed by atoms with E-state index < -0.39 is 10.0 Å². The summed E-state index contributed by atoms with van der Waals surface area (Å²) < 4.78 is 26.9. The van der Waals surface area contributed by atoms with Crippen LogP contribution in [0.1, 0.15) is 12.0 Å². The molecule has 21 heavy (non-hydrogen) atoms. The highest BCUT2D eigenvalue weighted by molar-refractivity contribution is 7.92. The summed E-state index contributed by atoms with van der Waals surface area (Å²) in [7, 11) is -3.59. The highest BCUT2D eigenvalue weighted by Crippen LogP contribution is 2.16. The van der Waals surface area contributed by atoms with Crippen molar-refractivity contribution in [1.29, 1.82) is 0 Å². The molecule has 0 aliphatic carbocycles. The number of hydrogen-bond donors (Lipinski definition) is 2. The minimum atomic E-state index is -3.59. The molecule has 0 saturated carbocycles. The molecule has 0 unspecified atom stereocenters. The summed E-state index contributed by atoms with van der Waals surface area (Å²) in [5.41, 5.74) is 1.14. The lowest BCUT2D eigenvalue weighted by Gasteiger charge is -2.08. The van der Waals surface area contributed by atoms with Crippen molar-refractivity contribution in [2.75, 3.05) is 11.3 Å². The quantitative estimate of drug-likeness (QED) is 0.851. The lowest BCUT2D eigenvalue weighted by molar-refractivity contribution is 0.305. The SMILES string of the molecule is O=S(=O)(Nc1cccc(C#CCCO)c1)c1ccccc1. The first-order valence-electron chi connectivity index (χ1n) is 6.39. The third-order valence-corrected chi connectivity index (χ3v) is 4.04. The fourth-order valence-electron chi connectivity index (χ4n) is 1.69. The van der Waals surface area contributed by atoms with Crippen LogP contribution in [0.5, 0.6) is 0 Å². The summed E-state index contributed by atoms with van der Waals surface area (Å²) in [6.07, 6.45) is 0.389. The third kappa shape index (κ3) is 4.35. The molecular formula is C16H15NO3S. The Morgan fingerprint density at radius 1 is 1.05 bits per heavy atom. The van der Waals surface area contributed by atoms with Crippen LogP contribution in [0, 0.1) is 11.8 Å². The molecule has 5 heteroatoms. The van der Waals surface area contributed by atoms with Crippen molar-refractivity contribution >= 4 is 15.7 Å². The Morgan fingerprint density at radius 2 is 1.81 bits per heavy atom. The van der Waals surface area contributed by atoms with Crippen LogP contribution in [-0.4, -0.2) is 20.1 Å². The molecule has 0 aliphatic rings. The van der Waals surface area contributed by atoms with Gasteiger partial charge in [-0.15, -0.1) is 0 Å². The zero-order valence-corrected chi connectivity index (χ0v) is 12.1. The number of hydrogen-bond acceptors (Lipinski definition) is 3. The van der Waals surface area contributed by atoms with Gasteiger partial charge in [0.1, 0.15) is 0 Å². The Balaban J connectivity index is 2.21. The molecule has 0 fully saturated rings. The Hall–Kier alpha value is -2.29. The molecule has 2 aromatic carbocycles. The van der Waals surface area contributed by atoms with E-state index in [1.807, 2.05) is 0 Å². The van der Waals surface area contributed by atoms with Crippen molar-refractivity contribution in [3.05, 3.63) is 60.2 Å². The van der Waals surface area contributed by atoms with Gasteiger partial charge in [-0.05, 0) is 30.3 Å². The van der Waals surface area contributed by atoms with Crippen molar-refractivity contribution in [2.24, 2.45) is 0 Å². The van der Waals surface area contributed by atoms with Crippen LogP contribution in [0.25, 0.3) is 0 Å². The van der Waals surface area contributed by atoms with E-state index in [4.69, 9.17) is 5.11 Å². The monoisotopic (exact) mass is 301 g/mol. The fourth-order valence-corrected chi connectivity index (χ4v) is 2.77. The standard InChI is InChI=1S/C16H15NO3S/c18-12-5-4-7-14-8-6-9-15(13-14)17-21(19,20)16-10-2-1-3-11-16/h1-3,6,8-11,13,17-18H,5,12H2. The minimum absolute atomic E-state index is 0.00727. The lowest BCUT2D eigenvalue weighted by Crippen LogP contribution is -2.12. The van der Waals surface area contributed by atoms with Gasteiger partial charge < -0.3 is 5.11 Å². The molecule has 0 atom stereocenters. The third-order valence-electron chi connectivity index (χ3n) is 2.64. The van der Waals surface area contributed by atoms with Gasteiger partial charge in [0, 0.05) is 12.0 Å². The first-order chi connectivity index (χ1) is 10.1. The fraction of sp³-hybridized carbons (Fsp3) is 0.125. The first kappa shape index (κ1) is 15.1. The largest absolute Gasteiger partial charge is 0.395 e. The molecule has 0 aliphatic heterocycles. The van der Waals surface area contributed by atoms with Gasteiger partial charge in [0.25, 0.3) is 10.0 Å². The van der Waals surface area contributed by atoms with Gasteiger partial charge in [0.05, 0.1) is 17.2 Å². The average Bonchev–Trinajstić information content (AvgIpc) is 2.48. The van der Waals surface area contributed by atoms with E-state index in [0.717, 1.165) is 0 Å². The van der Waals surface area contributed by atoms with Gasteiger partial charge >= 0.3 is 0 Å². The number of aliphatic hydroxyl groups excluding tert-OH is 1. The van der Waals surface area contributed by atoms with E-state index in [1.54, 1.807) is 42.5 Å². The van der Waals surface area contributed by atoms with Crippen LogP contribution >= 0.6 is 0 Å². The van der Waals surface area contributed by atoms with Gasteiger partial charge in [0.15, 0.2) is 0 Å². The molecule has 4 nitrogen and oxygen atoms in total. The smallest absolute Gasteiger partial charge is 0.261 e. The summed E-state index contributed by atoms with van der Waals surface area (Å²) in [6.45, 7) is 0.00727. The summed E-state index contributed by atoms with van der Waals surface area (Å²) in [6, 6.07) is 15.0. The second kappa shape index (κ2) is 6.93. The summed E-state index contributed by atoms with van der Waals surface area (Å²) in [5.74, 6) is 5.66. The second-order valence-electron chi connectivity index (χ2n) is 4.27. The molecule has 0 radical (unpaired) electrons. The van der Waals surface area contributed by atoms with E-state index in [9.17, 15) is 8.42 Å². The molecule has 2 N–H and O–H groups in total. The topological polar surface area (TPSA) is 66.4 Å². The van der Waals surface area contributed by atoms with E-state index in [0.29, 0.717) is 17.7 Å².